The average molecular weight is 397 g/mol. The molecule has 0 aliphatic heterocycles. The van der Waals surface area contributed by atoms with E-state index in [1.165, 1.54) is 0 Å². The molecule has 148 valence electrons. The topological polar surface area (TPSA) is 80.3 Å². The summed E-state index contributed by atoms with van der Waals surface area (Å²) in [6, 6.07) is 23.8. The first kappa shape index (κ1) is 19.1. The lowest BCUT2D eigenvalue weighted by Crippen LogP contribution is -2.22. The van der Waals surface area contributed by atoms with Crippen LogP contribution in [0.1, 0.15) is 10.4 Å². The minimum absolute atomic E-state index is 0.170. The molecule has 2 amide bonds. The Kier molecular flexibility index (Phi) is 5.66. The van der Waals surface area contributed by atoms with Crippen molar-refractivity contribution in [3.63, 3.8) is 0 Å². The van der Waals surface area contributed by atoms with Gasteiger partial charge in [-0.15, -0.1) is 0 Å². The number of carbonyl (C=O) groups is 2. The number of aromatic nitrogens is 1. The number of fused-ring (bicyclic) bond motifs is 1. The Balaban J connectivity index is 1.41. The van der Waals surface area contributed by atoms with Crippen LogP contribution >= 0.6 is 0 Å². The van der Waals surface area contributed by atoms with Gasteiger partial charge in [-0.2, -0.15) is 0 Å². The first-order chi connectivity index (χ1) is 14.7. The van der Waals surface area contributed by atoms with E-state index in [1.807, 2.05) is 42.5 Å². The number of benzene rings is 3. The third kappa shape index (κ3) is 4.62. The number of nitrogens with zero attached hydrogens (tertiary/aromatic N) is 1. The summed E-state index contributed by atoms with van der Waals surface area (Å²) in [7, 11) is 0. The summed E-state index contributed by atoms with van der Waals surface area (Å²) in [6.45, 7) is -0.170. The largest absolute Gasteiger partial charge is 0.484 e. The number of hydrogen-bond acceptors (Lipinski definition) is 4. The quantitative estimate of drug-likeness (QED) is 0.502. The number of carbonyl (C=O) groups excluding carboxylic acids is 2. The van der Waals surface area contributed by atoms with Gasteiger partial charge in [0.05, 0.1) is 23.1 Å². The second kappa shape index (κ2) is 8.87. The zero-order valence-electron chi connectivity index (χ0n) is 16.0. The van der Waals surface area contributed by atoms with Crippen molar-refractivity contribution in [3.05, 3.63) is 96.8 Å². The Morgan fingerprint density at radius 3 is 2.47 bits per heavy atom. The summed E-state index contributed by atoms with van der Waals surface area (Å²) in [4.78, 5) is 29.0. The van der Waals surface area contributed by atoms with Crippen molar-refractivity contribution >= 4 is 34.0 Å². The van der Waals surface area contributed by atoms with Gasteiger partial charge in [0.1, 0.15) is 5.75 Å². The number of pyridine rings is 1. The van der Waals surface area contributed by atoms with Crippen molar-refractivity contribution in [2.24, 2.45) is 0 Å². The molecule has 0 aliphatic carbocycles. The van der Waals surface area contributed by atoms with E-state index in [0.29, 0.717) is 22.7 Å². The van der Waals surface area contributed by atoms with E-state index < -0.39 is 0 Å². The van der Waals surface area contributed by atoms with Crippen molar-refractivity contribution in [1.82, 2.24) is 4.98 Å². The predicted octanol–water partition coefficient (Wildman–Crippen LogP) is 4.50. The molecule has 0 fully saturated rings. The molecule has 0 unspecified atom stereocenters. The molecule has 0 spiro atoms. The molecule has 0 radical (unpaired) electrons. The van der Waals surface area contributed by atoms with Gasteiger partial charge in [-0.25, -0.2) is 0 Å². The van der Waals surface area contributed by atoms with E-state index in [4.69, 9.17) is 4.74 Å². The standard InChI is InChI=1S/C24H19N3O3/c28-23(16-30-20-12-11-17-6-1-2-7-18(17)14-20)27-22-10-4-3-9-21(22)24(29)26-19-8-5-13-25-15-19/h1-15H,16H2,(H,26,29)(H,27,28). The first-order valence-corrected chi connectivity index (χ1v) is 9.41. The number of rotatable bonds is 6. The van der Waals surface area contributed by atoms with Crippen LogP contribution in [0.2, 0.25) is 0 Å². The van der Waals surface area contributed by atoms with Gasteiger partial charge in [-0.05, 0) is 47.2 Å². The highest BCUT2D eigenvalue weighted by Crippen LogP contribution is 2.21. The van der Waals surface area contributed by atoms with Gasteiger partial charge >= 0.3 is 0 Å². The lowest BCUT2D eigenvalue weighted by molar-refractivity contribution is -0.118. The second-order valence-electron chi connectivity index (χ2n) is 6.59. The van der Waals surface area contributed by atoms with Gasteiger partial charge in [0.2, 0.25) is 0 Å². The normalized spacial score (nSPS) is 10.4. The molecule has 4 rings (SSSR count). The van der Waals surface area contributed by atoms with Crippen LogP contribution in [0.4, 0.5) is 11.4 Å². The second-order valence-corrected chi connectivity index (χ2v) is 6.59. The van der Waals surface area contributed by atoms with Gasteiger partial charge in [-0.1, -0.05) is 42.5 Å². The Morgan fingerprint density at radius 1 is 0.833 bits per heavy atom. The zero-order valence-corrected chi connectivity index (χ0v) is 16.0. The number of nitrogens with one attached hydrogen (secondary N) is 2. The Bertz CT molecular complexity index is 1190. The van der Waals surface area contributed by atoms with Crippen LogP contribution in [-0.4, -0.2) is 23.4 Å². The minimum atomic E-state index is -0.357. The highest BCUT2D eigenvalue weighted by Gasteiger charge is 2.14. The third-order valence-corrected chi connectivity index (χ3v) is 4.46. The molecular weight excluding hydrogens is 378 g/mol. The van der Waals surface area contributed by atoms with Crippen LogP contribution in [-0.2, 0) is 4.79 Å². The molecule has 30 heavy (non-hydrogen) atoms. The summed E-state index contributed by atoms with van der Waals surface area (Å²) >= 11 is 0. The summed E-state index contributed by atoms with van der Waals surface area (Å²) < 4.78 is 5.62. The fraction of sp³-hybridized carbons (Fsp3) is 0.0417. The van der Waals surface area contributed by atoms with Gasteiger partial charge in [0.15, 0.2) is 6.61 Å². The number of anilines is 2. The van der Waals surface area contributed by atoms with Crippen LogP contribution in [0.3, 0.4) is 0 Å². The van der Waals surface area contributed by atoms with E-state index in [2.05, 4.69) is 15.6 Å². The molecule has 2 N–H and O–H groups in total. The van der Waals surface area contributed by atoms with Crippen molar-refractivity contribution in [1.29, 1.82) is 0 Å². The highest BCUT2D eigenvalue weighted by atomic mass is 16.5. The average Bonchev–Trinajstić information content (AvgIpc) is 2.78. The molecule has 3 aromatic carbocycles. The van der Waals surface area contributed by atoms with Gasteiger partial charge in [0.25, 0.3) is 11.8 Å². The lowest BCUT2D eigenvalue weighted by atomic mass is 10.1. The van der Waals surface area contributed by atoms with Gasteiger partial charge in [-0.3, -0.25) is 14.6 Å². The minimum Gasteiger partial charge on any atom is -0.484 e. The molecule has 4 aromatic rings. The highest BCUT2D eigenvalue weighted by molar-refractivity contribution is 6.10. The third-order valence-electron chi connectivity index (χ3n) is 4.46. The Hall–Kier alpha value is -4.19. The fourth-order valence-corrected chi connectivity index (χ4v) is 3.02. The maximum atomic E-state index is 12.6. The monoisotopic (exact) mass is 397 g/mol. The van der Waals surface area contributed by atoms with Crippen LogP contribution in [0.5, 0.6) is 5.75 Å². The van der Waals surface area contributed by atoms with Crippen molar-refractivity contribution in [3.8, 4) is 5.75 Å². The Morgan fingerprint density at radius 2 is 1.63 bits per heavy atom. The maximum Gasteiger partial charge on any atom is 0.262 e. The van der Waals surface area contributed by atoms with E-state index in [9.17, 15) is 9.59 Å². The SMILES string of the molecule is O=C(COc1ccc2ccccc2c1)Nc1ccccc1C(=O)Nc1cccnc1. The molecule has 6 nitrogen and oxygen atoms in total. The zero-order chi connectivity index (χ0) is 20.8. The Labute approximate surface area is 173 Å². The first-order valence-electron chi connectivity index (χ1n) is 9.41. The summed E-state index contributed by atoms with van der Waals surface area (Å²) in [5, 5.41) is 7.64. The molecule has 0 aliphatic rings. The number of para-hydroxylation sites is 1. The van der Waals surface area contributed by atoms with Gasteiger partial charge < -0.3 is 15.4 Å². The molecule has 0 saturated heterocycles. The van der Waals surface area contributed by atoms with Crippen molar-refractivity contribution < 1.29 is 14.3 Å². The molecule has 6 heteroatoms. The maximum absolute atomic E-state index is 12.6. The van der Waals surface area contributed by atoms with Crippen LogP contribution in [0.15, 0.2) is 91.3 Å². The molecule has 1 heterocycles. The number of hydrogen-bond donors (Lipinski definition) is 2. The molecule has 0 saturated carbocycles. The summed E-state index contributed by atoms with van der Waals surface area (Å²) in [6.07, 6.45) is 3.18. The number of amides is 2. The van der Waals surface area contributed by atoms with E-state index in [1.54, 1.807) is 48.8 Å². The van der Waals surface area contributed by atoms with E-state index in [0.717, 1.165) is 10.8 Å². The summed E-state index contributed by atoms with van der Waals surface area (Å²) in [5.41, 5.74) is 1.33. The van der Waals surface area contributed by atoms with E-state index in [-0.39, 0.29) is 18.4 Å². The summed E-state index contributed by atoms with van der Waals surface area (Å²) in [5.74, 6) is -0.0920. The van der Waals surface area contributed by atoms with E-state index >= 15 is 0 Å². The van der Waals surface area contributed by atoms with Crippen LogP contribution in [0.25, 0.3) is 10.8 Å². The van der Waals surface area contributed by atoms with Crippen molar-refractivity contribution in [2.45, 2.75) is 0 Å². The van der Waals surface area contributed by atoms with Crippen molar-refractivity contribution in [2.75, 3.05) is 17.2 Å². The number of ether oxygens (including phenoxy) is 1. The smallest absolute Gasteiger partial charge is 0.262 e. The van der Waals surface area contributed by atoms with Gasteiger partial charge in [0, 0.05) is 6.20 Å². The van der Waals surface area contributed by atoms with Crippen LogP contribution in [0, 0.1) is 0 Å². The molecule has 0 atom stereocenters. The predicted molar refractivity (Wildman–Crippen MR) is 117 cm³/mol. The van der Waals surface area contributed by atoms with Crippen LogP contribution < -0.4 is 15.4 Å². The molecule has 0 bridgehead atoms. The lowest BCUT2D eigenvalue weighted by Gasteiger charge is -2.12. The molecule has 1 aromatic heterocycles. The molecular formula is C24H19N3O3. The fourth-order valence-electron chi connectivity index (χ4n) is 3.02.